The maximum atomic E-state index is 5.55. The summed E-state index contributed by atoms with van der Waals surface area (Å²) >= 11 is 0. The predicted molar refractivity (Wildman–Crippen MR) is 94.3 cm³/mol. The zero-order valence-corrected chi connectivity index (χ0v) is 15.2. The van der Waals surface area contributed by atoms with Gasteiger partial charge in [0.15, 0.2) is 0 Å². The summed E-state index contributed by atoms with van der Waals surface area (Å²) in [6.07, 6.45) is 2.88. The van der Waals surface area contributed by atoms with E-state index in [1.54, 1.807) is 20.4 Å². The summed E-state index contributed by atoms with van der Waals surface area (Å²) < 4.78 is 10.7. The normalized spacial score (nSPS) is 18.0. The Hall–Kier alpha value is -1.33. The number of hydrogen-bond donors (Lipinski definition) is 0. The molecule has 1 aromatic rings. The third kappa shape index (κ3) is 5.36. The van der Waals surface area contributed by atoms with Crippen LogP contribution in [0.2, 0.25) is 0 Å². The predicted octanol–water partition coefficient (Wildman–Crippen LogP) is 2.66. The molecule has 130 valence electrons. The summed E-state index contributed by atoms with van der Waals surface area (Å²) in [5.74, 6) is 2.48. The summed E-state index contributed by atoms with van der Waals surface area (Å²) in [7, 11) is 3.47. The molecule has 1 saturated heterocycles. The first-order chi connectivity index (χ1) is 10.9. The molecule has 0 aliphatic carbocycles. The van der Waals surface area contributed by atoms with Gasteiger partial charge in [-0.15, -0.1) is 0 Å². The fourth-order valence-corrected chi connectivity index (χ4v) is 3.27. The molecule has 0 saturated carbocycles. The smallest absolute Gasteiger partial charge is 0.137 e. The molecule has 0 amide bonds. The average Bonchev–Trinajstić information content (AvgIpc) is 2.55. The molecule has 5 nitrogen and oxygen atoms in total. The molecule has 1 aromatic heterocycles. The molecule has 2 heterocycles. The van der Waals surface area contributed by atoms with Crippen LogP contribution in [0.4, 0.5) is 5.82 Å². The van der Waals surface area contributed by atoms with E-state index >= 15 is 0 Å². The van der Waals surface area contributed by atoms with Gasteiger partial charge >= 0.3 is 0 Å². The van der Waals surface area contributed by atoms with E-state index in [0.29, 0.717) is 5.92 Å². The summed E-state index contributed by atoms with van der Waals surface area (Å²) in [6.45, 7) is 12.0. The van der Waals surface area contributed by atoms with Gasteiger partial charge in [0.1, 0.15) is 11.6 Å². The number of piperazine rings is 1. The number of aromatic nitrogens is 1. The zero-order valence-electron chi connectivity index (χ0n) is 15.2. The second-order valence-electron chi connectivity index (χ2n) is 7.12. The highest BCUT2D eigenvalue weighted by Crippen LogP contribution is 2.22. The fourth-order valence-electron chi connectivity index (χ4n) is 3.27. The van der Waals surface area contributed by atoms with Crippen molar-refractivity contribution in [2.75, 3.05) is 51.8 Å². The van der Waals surface area contributed by atoms with Gasteiger partial charge in [0.2, 0.25) is 0 Å². The minimum atomic E-state index is -0.0335. The summed E-state index contributed by atoms with van der Waals surface area (Å²) in [5.41, 5.74) is -0.0335. The van der Waals surface area contributed by atoms with Crippen LogP contribution in [0, 0.1) is 5.92 Å². The summed E-state index contributed by atoms with van der Waals surface area (Å²) in [4.78, 5) is 9.38. The van der Waals surface area contributed by atoms with Crippen LogP contribution in [0.3, 0.4) is 0 Å². The molecular formula is C18H31N3O2. The number of anilines is 1. The SMILES string of the molecule is COc1ccc(N2CCN(CC(C)CC(C)(C)OC)CC2)nc1. The van der Waals surface area contributed by atoms with Crippen molar-refractivity contribution in [2.24, 2.45) is 5.92 Å². The lowest BCUT2D eigenvalue weighted by Gasteiger charge is -2.37. The van der Waals surface area contributed by atoms with Crippen LogP contribution in [0.5, 0.6) is 5.75 Å². The van der Waals surface area contributed by atoms with Gasteiger partial charge in [0.05, 0.1) is 18.9 Å². The number of hydrogen-bond acceptors (Lipinski definition) is 5. The van der Waals surface area contributed by atoms with Crippen molar-refractivity contribution < 1.29 is 9.47 Å². The highest BCUT2D eigenvalue weighted by atomic mass is 16.5. The van der Waals surface area contributed by atoms with Crippen molar-refractivity contribution in [3.8, 4) is 5.75 Å². The van der Waals surface area contributed by atoms with Gasteiger partial charge < -0.3 is 14.4 Å². The molecule has 0 bridgehead atoms. The van der Waals surface area contributed by atoms with Gasteiger partial charge in [-0.05, 0) is 38.3 Å². The lowest BCUT2D eigenvalue weighted by molar-refractivity contribution is -0.000203. The topological polar surface area (TPSA) is 37.8 Å². The van der Waals surface area contributed by atoms with Crippen molar-refractivity contribution in [3.05, 3.63) is 18.3 Å². The van der Waals surface area contributed by atoms with Crippen LogP contribution < -0.4 is 9.64 Å². The van der Waals surface area contributed by atoms with Crippen molar-refractivity contribution >= 4 is 5.82 Å². The number of nitrogens with zero attached hydrogens (tertiary/aromatic N) is 3. The third-order valence-corrected chi connectivity index (χ3v) is 4.62. The molecule has 1 fully saturated rings. The Kier molecular flexibility index (Phi) is 6.25. The van der Waals surface area contributed by atoms with Crippen LogP contribution in [0.1, 0.15) is 27.2 Å². The molecular weight excluding hydrogens is 290 g/mol. The minimum Gasteiger partial charge on any atom is -0.495 e. The van der Waals surface area contributed by atoms with Gasteiger partial charge in [-0.1, -0.05) is 6.92 Å². The quantitative estimate of drug-likeness (QED) is 0.772. The van der Waals surface area contributed by atoms with E-state index in [1.807, 2.05) is 12.1 Å². The molecule has 23 heavy (non-hydrogen) atoms. The van der Waals surface area contributed by atoms with Crippen LogP contribution in [0.15, 0.2) is 18.3 Å². The first kappa shape index (κ1) is 18.0. The molecule has 0 spiro atoms. The van der Waals surface area contributed by atoms with Gasteiger partial charge in [0, 0.05) is 39.8 Å². The number of ether oxygens (including phenoxy) is 2. The second kappa shape index (κ2) is 7.97. The molecule has 1 aliphatic heterocycles. The standard InChI is InChI=1S/C18H31N3O2/c1-15(12-18(2,3)23-5)14-20-8-10-21(11-9-20)17-7-6-16(22-4)13-19-17/h6-7,13,15H,8-12,14H2,1-5H3. The molecule has 0 aromatic carbocycles. The van der Waals surface area contributed by atoms with E-state index in [0.717, 1.165) is 50.7 Å². The maximum absolute atomic E-state index is 5.55. The van der Waals surface area contributed by atoms with Crippen LogP contribution in [-0.2, 0) is 4.74 Å². The molecule has 2 rings (SSSR count). The average molecular weight is 321 g/mol. The van der Waals surface area contributed by atoms with Crippen LogP contribution >= 0.6 is 0 Å². The van der Waals surface area contributed by atoms with Gasteiger partial charge in [-0.25, -0.2) is 4.98 Å². The maximum Gasteiger partial charge on any atom is 0.137 e. The number of rotatable bonds is 7. The third-order valence-electron chi connectivity index (χ3n) is 4.62. The van der Waals surface area contributed by atoms with E-state index in [2.05, 4.69) is 35.6 Å². The van der Waals surface area contributed by atoms with Gasteiger partial charge in [0.25, 0.3) is 0 Å². The molecule has 0 radical (unpaired) electrons. The van der Waals surface area contributed by atoms with Crippen LogP contribution in [-0.4, -0.2) is 62.4 Å². The Morgan fingerprint density at radius 2 is 1.87 bits per heavy atom. The fraction of sp³-hybridized carbons (Fsp3) is 0.722. The van der Waals surface area contributed by atoms with Gasteiger partial charge in [-0.3, -0.25) is 4.90 Å². The van der Waals surface area contributed by atoms with Crippen molar-refractivity contribution in [2.45, 2.75) is 32.8 Å². The Morgan fingerprint density at radius 3 is 2.39 bits per heavy atom. The van der Waals surface area contributed by atoms with Crippen LogP contribution in [0.25, 0.3) is 0 Å². The molecule has 0 N–H and O–H groups in total. The van der Waals surface area contributed by atoms with E-state index in [9.17, 15) is 0 Å². The first-order valence-electron chi connectivity index (χ1n) is 8.46. The highest BCUT2D eigenvalue weighted by molar-refractivity contribution is 5.41. The summed E-state index contributed by atoms with van der Waals surface area (Å²) in [5, 5.41) is 0. The second-order valence-corrected chi connectivity index (χ2v) is 7.12. The minimum absolute atomic E-state index is 0.0335. The Labute approximate surface area is 140 Å². The van der Waals surface area contributed by atoms with Gasteiger partial charge in [-0.2, -0.15) is 0 Å². The summed E-state index contributed by atoms with van der Waals surface area (Å²) in [6, 6.07) is 4.02. The molecule has 1 aliphatic rings. The number of pyridine rings is 1. The Balaban J connectivity index is 1.79. The van der Waals surface area contributed by atoms with Crippen molar-refractivity contribution in [1.29, 1.82) is 0 Å². The molecule has 1 atom stereocenters. The van der Waals surface area contributed by atoms with E-state index in [-0.39, 0.29) is 5.60 Å². The molecule has 5 heteroatoms. The van der Waals surface area contributed by atoms with Crippen molar-refractivity contribution in [1.82, 2.24) is 9.88 Å². The lowest BCUT2D eigenvalue weighted by Crippen LogP contribution is -2.48. The van der Waals surface area contributed by atoms with E-state index in [4.69, 9.17) is 9.47 Å². The van der Waals surface area contributed by atoms with Crippen molar-refractivity contribution in [3.63, 3.8) is 0 Å². The Bertz CT molecular complexity index is 468. The van der Waals surface area contributed by atoms with E-state index in [1.165, 1.54) is 0 Å². The Morgan fingerprint density at radius 1 is 1.17 bits per heavy atom. The first-order valence-corrected chi connectivity index (χ1v) is 8.46. The largest absolute Gasteiger partial charge is 0.495 e. The molecule has 1 unspecified atom stereocenters. The monoisotopic (exact) mass is 321 g/mol. The lowest BCUT2D eigenvalue weighted by atomic mass is 9.94. The van der Waals surface area contributed by atoms with E-state index < -0.39 is 0 Å². The highest BCUT2D eigenvalue weighted by Gasteiger charge is 2.24. The zero-order chi connectivity index (χ0) is 16.9. The number of methoxy groups -OCH3 is 2.